The van der Waals surface area contributed by atoms with Crippen LogP contribution in [0.4, 0.5) is 0 Å². The Morgan fingerprint density at radius 2 is 1.67 bits per heavy atom. The van der Waals surface area contributed by atoms with E-state index in [0.717, 1.165) is 25.7 Å². The van der Waals surface area contributed by atoms with Crippen LogP contribution in [0.5, 0.6) is 0 Å². The molecular formula is C16H29N3O2. The number of rotatable bonds is 4. The van der Waals surface area contributed by atoms with Gasteiger partial charge in [0.1, 0.15) is 5.60 Å². The summed E-state index contributed by atoms with van der Waals surface area (Å²) in [6.45, 7) is 8.04. The lowest BCUT2D eigenvalue weighted by Crippen LogP contribution is -2.50. The van der Waals surface area contributed by atoms with Gasteiger partial charge in [0.25, 0.3) is 0 Å². The molecule has 0 saturated heterocycles. The molecule has 0 atom stereocenters. The predicted octanol–water partition coefficient (Wildman–Crippen LogP) is 3.28. The summed E-state index contributed by atoms with van der Waals surface area (Å²) in [5.74, 6) is 1.27. The largest absolute Gasteiger partial charge is 0.370 e. The lowest BCUT2D eigenvalue weighted by atomic mass is 9.75. The van der Waals surface area contributed by atoms with E-state index in [2.05, 4.69) is 10.1 Å². The van der Waals surface area contributed by atoms with Crippen LogP contribution in [-0.4, -0.2) is 22.8 Å². The molecule has 1 aromatic rings. The summed E-state index contributed by atoms with van der Waals surface area (Å²) in [4.78, 5) is 4.67. The van der Waals surface area contributed by atoms with Crippen LogP contribution in [0.15, 0.2) is 4.52 Å². The molecule has 1 heterocycles. The Hall–Kier alpha value is -0.940. The molecule has 2 N–H and O–H groups in total. The van der Waals surface area contributed by atoms with Gasteiger partial charge in [0.15, 0.2) is 0 Å². The van der Waals surface area contributed by atoms with Crippen LogP contribution in [-0.2, 0) is 15.8 Å². The first-order valence-electron chi connectivity index (χ1n) is 7.92. The van der Waals surface area contributed by atoms with Gasteiger partial charge in [-0.2, -0.15) is 4.98 Å². The molecule has 0 spiro atoms. The van der Waals surface area contributed by atoms with Crippen molar-refractivity contribution in [3.8, 4) is 0 Å². The lowest BCUT2D eigenvalue weighted by Gasteiger charge is -2.35. The van der Waals surface area contributed by atoms with E-state index in [1.165, 1.54) is 12.8 Å². The third-order valence-electron chi connectivity index (χ3n) is 5.28. The Labute approximate surface area is 127 Å². The van der Waals surface area contributed by atoms with Crippen molar-refractivity contribution >= 4 is 0 Å². The number of aromatic nitrogens is 2. The molecule has 1 saturated carbocycles. The number of methoxy groups -OCH3 is 1. The Morgan fingerprint density at radius 3 is 2.14 bits per heavy atom. The van der Waals surface area contributed by atoms with Crippen LogP contribution in [0.2, 0.25) is 0 Å². The van der Waals surface area contributed by atoms with Crippen molar-refractivity contribution in [3.05, 3.63) is 11.7 Å². The van der Waals surface area contributed by atoms with Crippen molar-refractivity contribution in [1.82, 2.24) is 10.1 Å². The minimum absolute atomic E-state index is 0.391. The summed E-state index contributed by atoms with van der Waals surface area (Å²) >= 11 is 0. The second-order valence-electron chi connectivity index (χ2n) is 7.38. The molecule has 0 unspecified atom stereocenters. The minimum atomic E-state index is -0.444. The molecule has 5 nitrogen and oxygen atoms in total. The fraction of sp³-hybridized carbons (Fsp3) is 0.875. The fourth-order valence-electron chi connectivity index (χ4n) is 2.76. The highest BCUT2D eigenvalue weighted by molar-refractivity contribution is 5.13. The van der Waals surface area contributed by atoms with E-state index >= 15 is 0 Å². The van der Waals surface area contributed by atoms with E-state index in [4.69, 9.17) is 15.0 Å². The molecule has 1 aliphatic carbocycles. The molecule has 1 aromatic heterocycles. The molecule has 120 valence electrons. The van der Waals surface area contributed by atoms with Gasteiger partial charge in [0.2, 0.25) is 11.7 Å². The summed E-state index contributed by atoms with van der Waals surface area (Å²) in [6.07, 6.45) is 6.69. The molecule has 2 rings (SSSR count). The van der Waals surface area contributed by atoms with Gasteiger partial charge in [-0.05, 0) is 40.5 Å². The average Bonchev–Trinajstić information content (AvgIpc) is 2.78. The number of ether oxygens (including phenoxy) is 1. The van der Waals surface area contributed by atoms with Crippen molar-refractivity contribution in [1.29, 1.82) is 0 Å². The topological polar surface area (TPSA) is 74.2 Å². The van der Waals surface area contributed by atoms with Crippen LogP contribution in [0, 0.1) is 0 Å². The molecule has 0 radical (unpaired) electrons. The number of hydrogen-bond acceptors (Lipinski definition) is 5. The third kappa shape index (κ3) is 2.99. The predicted molar refractivity (Wildman–Crippen MR) is 82.0 cm³/mol. The van der Waals surface area contributed by atoms with Gasteiger partial charge in [0.05, 0.1) is 5.41 Å². The summed E-state index contributed by atoms with van der Waals surface area (Å²) in [5, 5.41) is 4.24. The molecule has 1 fully saturated rings. The summed E-state index contributed by atoms with van der Waals surface area (Å²) in [5.41, 5.74) is 5.03. The molecular weight excluding hydrogens is 266 g/mol. The van der Waals surface area contributed by atoms with E-state index < -0.39 is 16.6 Å². The fourth-order valence-corrected chi connectivity index (χ4v) is 2.76. The highest BCUT2D eigenvalue weighted by Crippen LogP contribution is 2.39. The van der Waals surface area contributed by atoms with E-state index in [0.29, 0.717) is 11.7 Å². The average molecular weight is 295 g/mol. The SMILES string of the molecule is COC1(c2noc(C(C)(C)C(C)(C)N)n2)CCCCCC1. The first-order chi connectivity index (χ1) is 9.73. The van der Waals surface area contributed by atoms with Crippen LogP contribution >= 0.6 is 0 Å². The zero-order chi connectivity index (χ0) is 15.7. The van der Waals surface area contributed by atoms with Crippen molar-refractivity contribution in [2.45, 2.75) is 82.8 Å². The maximum atomic E-state index is 6.26. The van der Waals surface area contributed by atoms with Gasteiger partial charge in [-0.25, -0.2) is 0 Å². The summed E-state index contributed by atoms with van der Waals surface area (Å²) < 4.78 is 11.4. The first-order valence-corrected chi connectivity index (χ1v) is 7.92. The summed E-state index contributed by atoms with van der Waals surface area (Å²) in [7, 11) is 1.75. The first kappa shape index (κ1) is 16.4. The highest BCUT2D eigenvalue weighted by Gasteiger charge is 2.43. The van der Waals surface area contributed by atoms with Crippen LogP contribution in [0.1, 0.15) is 77.9 Å². The van der Waals surface area contributed by atoms with E-state index in [1.807, 2.05) is 27.7 Å². The van der Waals surface area contributed by atoms with Gasteiger partial charge in [-0.1, -0.05) is 30.8 Å². The van der Waals surface area contributed by atoms with Crippen LogP contribution < -0.4 is 5.73 Å². The van der Waals surface area contributed by atoms with E-state index in [9.17, 15) is 0 Å². The van der Waals surface area contributed by atoms with Crippen molar-refractivity contribution in [2.75, 3.05) is 7.11 Å². The monoisotopic (exact) mass is 295 g/mol. The Morgan fingerprint density at radius 1 is 1.10 bits per heavy atom. The van der Waals surface area contributed by atoms with Crippen molar-refractivity contribution in [3.63, 3.8) is 0 Å². The molecule has 0 bridgehead atoms. The Kier molecular flexibility index (Phi) is 4.45. The van der Waals surface area contributed by atoms with E-state index in [1.54, 1.807) is 7.11 Å². The number of nitrogens with two attached hydrogens (primary N) is 1. The smallest absolute Gasteiger partial charge is 0.234 e. The zero-order valence-electron chi connectivity index (χ0n) is 14.0. The Balaban J connectivity index is 2.34. The second kappa shape index (κ2) is 5.69. The van der Waals surface area contributed by atoms with Gasteiger partial charge in [-0.15, -0.1) is 0 Å². The standard InChI is InChI=1S/C16H29N3O2/c1-14(2,15(3,4)17)13-18-12(19-21-13)16(20-5)10-8-6-7-9-11-16/h6-11,17H2,1-5H3. The third-order valence-corrected chi connectivity index (χ3v) is 5.28. The molecule has 0 aromatic carbocycles. The number of nitrogens with zero attached hydrogens (tertiary/aromatic N) is 2. The molecule has 0 amide bonds. The van der Waals surface area contributed by atoms with Gasteiger partial charge < -0.3 is 15.0 Å². The maximum absolute atomic E-state index is 6.26. The molecule has 21 heavy (non-hydrogen) atoms. The highest BCUT2D eigenvalue weighted by atomic mass is 16.5. The summed E-state index contributed by atoms with van der Waals surface area (Å²) in [6, 6.07) is 0. The maximum Gasteiger partial charge on any atom is 0.234 e. The second-order valence-corrected chi connectivity index (χ2v) is 7.38. The van der Waals surface area contributed by atoms with Gasteiger partial charge in [0, 0.05) is 12.6 Å². The van der Waals surface area contributed by atoms with E-state index in [-0.39, 0.29) is 0 Å². The number of hydrogen-bond donors (Lipinski definition) is 1. The quantitative estimate of drug-likeness (QED) is 0.863. The minimum Gasteiger partial charge on any atom is -0.370 e. The molecule has 0 aliphatic heterocycles. The van der Waals surface area contributed by atoms with Gasteiger partial charge in [-0.3, -0.25) is 0 Å². The lowest BCUT2D eigenvalue weighted by molar-refractivity contribution is -0.0365. The molecule has 5 heteroatoms. The van der Waals surface area contributed by atoms with Crippen LogP contribution in [0.3, 0.4) is 0 Å². The van der Waals surface area contributed by atoms with Crippen molar-refractivity contribution < 1.29 is 9.26 Å². The molecule has 1 aliphatic rings. The normalized spacial score (nSPS) is 20.3. The van der Waals surface area contributed by atoms with Crippen LogP contribution in [0.25, 0.3) is 0 Å². The Bertz CT molecular complexity index is 466. The van der Waals surface area contributed by atoms with Crippen molar-refractivity contribution in [2.24, 2.45) is 5.73 Å². The van der Waals surface area contributed by atoms with Gasteiger partial charge >= 0.3 is 0 Å². The zero-order valence-corrected chi connectivity index (χ0v) is 14.0.